The normalized spacial score (nSPS) is 13.3. The third-order valence-corrected chi connectivity index (χ3v) is 7.57. The van der Waals surface area contributed by atoms with E-state index in [2.05, 4.69) is 0 Å². The molecule has 0 N–H and O–H groups in total. The van der Waals surface area contributed by atoms with E-state index in [1.54, 1.807) is 30.3 Å². The molecule has 1 aromatic heterocycles. The molecule has 1 aliphatic rings. The molecule has 0 aliphatic carbocycles. The molecule has 0 unspecified atom stereocenters. The van der Waals surface area contributed by atoms with Crippen molar-refractivity contribution in [3.63, 3.8) is 0 Å². The summed E-state index contributed by atoms with van der Waals surface area (Å²) in [5.74, 6) is -0.378. The fourth-order valence-electron chi connectivity index (χ4n) is 4.96. The second kappa shape index (κ2) is 10.5. The molecule has 214 valence electrons. The minimum Gasteiger partial charge on any atom is -0.490 e. The molecule has 0 saturated heterocycles. The predicted octanol–water partition coefficient (Wildman–Crippen LogP) is 7.09. The maximum absolute atomic E-state index is 13.9. The van der Waals surface area contributed by atoms with Gasteiger partial charge >= 0.3 is 12.4 Å². The van der Waals surface area contributed by atoms with Gasteiger partial charge in [0.15, 0.2) is 0 Å². The molecular weight excluding hydrogens is 570 g/mol. The van der Waals surface area contributed by atoms with Crippen LogP contribution in [0.15, 0.2) is 70.4 Å². The third kappa shape index (κ3) is 5.40. The second-order valence-electron chi connectivity index (χ2n) is 9.51. The van der Waals surface area contributed by atoms with Crippen molar-refractivity contribution in [2.24, 2.45) is 0 Å². The van der Waals surface area contributed by atoms with Crippen LogP contribution in [0.5, 0.6) is 5.75 Å². The highest BCUT2D eigenvalue weighted by atomic mass is 32.2. The summed E-state index contributed by atoms with van der Waals surface area (Å²) in [5, 5.41) is 0.550. The van der Waals surface area contributed by atoms with Gasteiger partial charge in [-0.25, -0.2) is 0 Å². The van der Waals surface area contributed by atoms with Crippen molar-refractivity contribution in [2.45, 2.75) is 30.3 Å². The number of hydrogen-bond acceptors (Lipinski definition) is 4. The van der Waals surface area contributed by atoms with Gasteiger partial charge in [0.2, 0.25) is 0 Å². The standard InChI is InChI=1S/C29H22F6N2O3S/c1-36(15-16-12-18(28(30,31)32)14-19(13-16)29(33,34)35)26(38)24-23(17-6-8-20(41-2)9-7-17)21-4-3-5-22-25(21)37(27(24)39)10-11-40-22/h3-9,12-14H,10-11,15H2,1-2H3. The van der Waals surface area contributed by atoms with Crippen molar-refractivity contribution in [3.05, 3.63) is 93.3 Å². The van der Waals surface area contributed by atoms with Crippen LogP contribution in [0.1, 0.15) is 27.0 Å². The second-order valence-corrected chi connectivity index (χ2v) is 10.4. The van der Waals surface area contributed by atoms with Crippen LogP contribution in [0.2, 0.25) is 0 Å². The lowest BCUT2D eigenvalue weighted by Gasteiger charge is -2.25. The zero-order chi connectivity index (χ0) is 29.7. The molecule has 5 nitrogen and oxygen atoms in total. The molecule has 2 heterocycles. The highest BCUT2D eigenvalue weighted by Gasteiger charge is 2.37. The Morgan fingerprint density at radius 3 is 2.20 bits per heavy atom. The van der Waals surface area contributed by atoms with Crippen molar-refractivity contribution in [3.8, 4) is 16.9 Å². The van der Waals surface area contributed by atoms with E-state index in [0.717, 1.165) is 9.80 Å². The number of amides is 1. The predicted molar refractivity (Wildman–Crippen MR) is 143 cm³/mol. The number of carbonyl (C=O) groups excluding carboxylic acids is 1. The molecule has 0 radical (unpaired) electrons. The van der Waals surface area contributed by atoms with Crippen molar-refractivity contribution < 1.29 is 35.9 Å². The highest BCUT2D eigenvalue weighted by Crippen LogP contribution is 2.39. The number of hydrogen-bond donors (Lipinski definition) is 0. The van der Waals surface area contributed by atoms with Crippen molar-refractivity contribution in [1.82, 2.24) is 9.47 Å². The Balaban J connectivity index is 1.66. The van der Waals surface area contributed by atoms with E-state index >= 15 is 0 Å². The summed E-state index contributed by atoms with van der Waals surface area (Å²) >= 11 is 1.50. The molecule has 3 aromatic carbocycles. The number of thioether (sulfide) groups is 1. The largest absolute Gasteiger partial charge is 0.490 e. The monoisotopic (exact) mass is 592 g/mol. The lowest BCUT2D eigenvalue weighted by molar-refractivity contribution is -0.143. The van der Waals surface area contributed by atoms with Gasteiger partial charge in [0.1, 0.15) is 17.9 Å². The first kappa shape index (κ1) is 28.6. The summed E-state index contributed by atoms with van der Waals surface area (Å²) in [5.41, 5.74) is -2.87. The van der Waals surface area contributed by atoms with E-state index in [-0.39, 0.29) is 30.3 Å². The molecule has 0 atom stereocenters. The lowest BCUT2D eigenvalue weighted by atomic mass is 9.94. The van der Waals surface area contributed by atoms with Crippen LogP contribution in [0, 0.1) is 0 Å². The third-order valence-electron chi connectivity index (χ3n) is 6.83. The van der Waals surface area contributed by atoms with Gasteiger partial charge in [-0.3, -0.25) is 9.59 Å². The zero-order valence-electron chi connectivity index (χ0n) is 21.7. The maximum atomic E-state index is 13.9. The SMILES string of the molecule is CSc1ccc(-c2c(C(=O)N(C)Cc3cc(C(F)(F)F)cc(C(F)(F)F)c3)c(=O)n3c4c(cccc24)OCC3)cc1. The van der Waals surface area contributed by atoms with Gasteiger partial charge < -0.3 is 14.2 Å². The molecule has 4 aromatic rings. The summed E-state index contributed by atoms with van der Waals surface area (Å²) in [6, 6.07) is 13.5. The van der Waals surface area contributed by atoms with Crippen molar-refractivity contribution >= 4 is 28.6 Å². The van der Waals surface area contributed by atoms with Crippen LogP contribution in [0.4, 0.5) is 26.3 Å². The number of rotatable bonds is 5. The Labute approximate surface area is 234 Å². The quantitative estimate of drug-likeness (QED) is 0.183. The van der Waals surface area contributed by atoms with Gasteiger partial charge in [-0.2, -0.15) is 26.3 Å². The average Bonchev–Trinajstić information content (AvgIpc) is 2.93. The molecule has 41 heavy (non-hydrogen) atoms. The number of halogens is 6. The van der Waals surface area contributed by atoms with Crippen LogP contribution in [-0.2, 0) is 25.4 Å². The first-order valence-corrected chi connectivity index (χ1v) is 13.5. The summed E-state index contributed by atoms with van der Waals surface area (Å²) in [4.78, 5) is 29.6. The van der Waals surface area contributed by atoms with E-state index in [4.69, 9.17) is 4.74 Å². The van der Waals surface area contributed by atoms with Crippen LogP contribution >= 0.6 is 11.8 Å². The fraction of sp³-hybridized carbons (Fsp3) is 0.241. The number of pyridine rings is 1. The molecule has 0 saturated carbocycles. The first-order chi connectivity index (χ1) is 19.3. The summed E-state index contributed by atoms with van der Waals surface area (Å²) < 4.78 is 87.6. The Kier molecular flexibility index (Phi) is 7.31. The number of carbonyl (C=O) groups is 1. The minimum atomic E-state index is -5.03. The fourth-order valence-corrected chi connectivity index (χ4v) is 5.37. The molecular formula is C29H22F6N2O3S. The molecule has 12 heteroatoms. The van der Waals surface area contributed by atoms with E-state index in [0.29, 0.717) is 39.9 Å². The van der Waals surface area contributed by atoms with E-state index in [1.807, 2.05) is 18.4 Å². The number of para-hydroxylation sites is 1. The Morgan fingerprint density at radius 2 is 1.61 bits per heavy atom. The van der Waals surface area contributed by atoms with Gasteiger partial charge in [-0.15, -0.1) is 11.8 Å². The number of nitrogens with zero attached hydrogens (tertiary/aromatic N) is 2. The summed E-state index contributed by atoms with van der Waals surface area (Å²) in [6.45, 7) is -0.260. The smallest absolute Gasteiger partial charge is 0.416 e. The molecule has 1 aliphatic heterocycles. The van der Waals surface area contributed by atoms with Crippen molar-refractivity contribution in [2.75, 3.05) is 19.9 Å². The number of aromatic nitrogens is 1. The van der Waals surface area contributed by atoms with Gasteiger partial charge in [0.25, 0.3) is 11.5 Å². The maximum Gasteiger partial charge on any atom is 0.416 e. The summed E-state index contributed by atoms with van der Waals surface area (Å²) in [6.07, 6.45) is -8.17. The summed E-state index contributed by atoms with van der Waals surface area (Å²) in [7, 11) is 1.23. The number of alkyl halides is 6. The van der Waals surface area contributed by atoms with Crippen LogP contribution in [-0.4, -0.2) is 35.3 Å². The minimum absolute atomic E-state index is 0.0296. The number of benzene rings is 3. The molecule has 5 rings (SSSR count). The average molecular weight is 593 g/mol. The van der Waals surface area contributed by atoms with E-state index in [9.17, 15) is 35.9 Å². The molecule has 0 spiro atoms. The molecule has 0 fully saturated rings. The van der Waals surface area contributed by atoms with E-state index in [1.165, 1.54) is 23.4 Å². The van der Waals surface area contributed by atoms with Crippen LogP contribution in [0.3, 0.4) is 0 Å². The van der Waals surface area contributed by atoms with Crippen LogP contribution in [0.25, 0.3) is 22.0 Å². The van der Waals surface area contributed by atoms with Gasteiger partial charge in [0.05, 0.1) is 23.2 Å². The molecule has 0 bridgehead atoms. The van der Waals surface area contributed by atoms with Crippen LogP contribution < -0.4 is 10.3 Å². The highest BCUT2D eigenvalue weighted by molar-refractivity contribution is 7.98. The Hall–Kier alpha value is -3.93. The van der Waals surface area contributed by atoms with Gasteiger partial charge in [0, 0.05) is 29.4 Å². The zero-order valence-corrected chi connectivity index (χ0v) is 22.5. The van der Waals surface area contributed by atoms with Crippen molar-refractivity contribution in [1.29, 1.82) is 0 Å². The molecule has 1 amide bonds. The Bertz CT molecular complexity index is 1680. The van der Waals surface area contributed by atoms with Gasteiger partial charge in [-0.05, 0) is 53.8 Å². The van der Waals surface area contributed by atoms with E-state index < -0.39 is 41.5 Å². The topological polar surface area (TPSA) is 51.5 Å². The lowest BCUT2D eigenvalue weighted by Crippen LogP contribution is -2.37. The first-order valence-electron chi connectivity index (χ1n) is 12.3. The Morgan fingerprint density at radius 1 is 0.976 bits per heavy atom. The van der Waals surface area contributed by atoms with Gasteiger partial charge in [-0.1, -0.05) is 24.3 Å². The number of ether oxygens (including phenoxy) is 1.